The van der Waals surface area contributed by atoms with Crippen molar-refractivity contribution in [1.29, 1.82) is 0 Å². The number of rotatable bonds is 11. The summed E-state index contributed by atoms with van der Waals surface area (Å²) in [5.74, 6) is -0.578. The van der Waals surface area contributed by atoms with Crippen LogP contribution in [0.4, 0.5) is 0 Å². The number of carbonyl (C=O) groups is 1. The molecule has 5 heteroatoms. The lowest BCUT2D eigenvalue weighted by atomic mass is 9.95. The minimum Gasteiger partial charge on any atom is -0.454 e. The van der Waals surface area contributed by atoms with Crippen molar-refractivity contribution in [2.24, 2.45) is 5.92 Å². The second-order valence-corrected chi connectivity index (χ2v) is 5.45. The second kappa shape index (κ2) is 9.50. The van der Waals surface area contributed by atoms with E-state index in [0.717, 1.165) is 19.3 Å². The molecule has 0 bridgehead atoms. The summed E-state index contributed by atoms with van der Waals surface area (Å²) < 4.78 is 5.08. The lowest BCUT2D eigenvalue weighted by molar-refractivity contribution is -0.490. The minimum atomic E-state index is -0.409. The molecule has 1 aliphatic heterocycles. The molecule has 5 nitrogen and oxygen atoms in total. The molecule has 0 aromatic carbocycles. The Morgan fingerprint density at radius 1 is 1.25 bits per heavy atom. The third-order valence-corrected chi connectivity index (χ3v) is 3.70. The first-order valence-electron chi connectivity index (χ1n) is 7.64. The van der Waals surface area contributed by atoms with Gasteiger partial charge in [-0.1, -0.05) is 51.9 Å². The van der Waals surface area contributed by atoms with Gasteiger partial charge >= 0.3 is 5.97 Å². The van der Waals surface area contributed by atoms with Crippen molar-refractivity contribution in [3.05, 3.63) is 22.3 Å². The number of hydrogen-bond donors (Lipinski definition) is 0. The third kappa shape index (κ3) is 6.68. The molecule has 114 valence electrons. The van der Waals surface area contributed by atoms with E-state index in [1.807, 2.05) is 0 Å². The van der Waals surface area contributed by atoms with E-state index >= 15 is 0 Å². The maximum atomic E-state index is 11.0. The molecular formula is C15H25NO4. The first-order valence-corrected chi connectivity index (χ1v) is 7.64. The van der Waals surface area contributed by atoms with Gasteiger partial charge in [-0.15, -0.1) is 0 Å². The van der Waals surface area contributed by atoms with E-state index in [0.29, 0.717) is 0 Å². The molecule has 0 radical (unpaired) electrons. The highest BCUT2D eigenvalue weighted by molar-refractivity contribution is 5.84. The van der Waals surface area contributed by atoms with Gasteiger partial charge in [-0.2, -0.15) is 0 Å². The SMILES string of the molecule is CCCCCCCCCC(C[N+](=O)[O-])C1C=CC(=O)O1. The summed E-state index contributed by atoms with van der Waals surface area (Å²) in [4.78, 5) is 21.4. The summed E-state index contributed by atoms with van der Waals surface area (Å²) in [6, 6.07) is 0. The van der Waals surface area contributed by atoms with E-state index in [-0.39, 0.29) is 23.4 Å². The zero-order chi connectivity index (χ0) is 14.8. The number of esters is 1. The van der Waals surface area contributed by atoms with Crippen molar-refractivity contribution >= 4 is 5.97 Å². The highest BCUT2D eigenvalue weighted by atomic mass is 16.6. The van der Waals surface area contributed by atoms with Gasteiger partial charge in [0.1, 0.15) is 6.10 Å². The van der Waals surface area contributed by atoms with E-state index in [1.54, 1.807) is 6.08 Å². The van der Waals surface area contributed by atoms with Crippen LogP contribution in [0, 0.1) is 16.0 Å². The smallest absolute Gasteiger partial charge is 0.331 e. The maximum Gasteiger partial charge on any atom is 0.331 e. The molecule has 2 atom stereocenters. The Kier molecular flexibility index (Phi) is 7.92. The van der Waals surface area contributed by atoms with Crippen molar-refractivity contribution in [1.82, 2.24) is 0 Å². The first kappa shape index (κ1) is 16.7. The Hall–Kier alpha value is -1.39. The average Bonchev–Trinajstić information content (AvgIpc) is 2.82. The Morgan fingerprint density at radius 2 is 1.90 bits per heavy atom. The lowest BCUT2D eigenvalue weighted by Crippen LogP contribution is -2.27. The van der Waals surface area contributed by atoms with Gasteiger partial charge in [0.15, 0.2) is 0 Å². The molecule has 1 rings (SSSR count). The van der Waals surface area contributed by atoms with Gasteiger partial charge < -0.3 is 4.74 Å². The summed E-state index contributed by atoms with van der Waals surface area (Å²) in [6.07, 6.45) is 11.6. The largest absolute Gasteiger partial charge is 0.454 e. The van der Waals surface area contributed by atoms with Gasteiger partial charge in [0.2, 0.25) is 6.54 Å². The Labute approximate surface area is 120 Å². The fraction of sp³-hybridized carbons (Fsp3) is 0.800. The normalized spacial score (nSPS) is 19.1. The number of carbonyl (C=O) groups excluding carboxylic acids is 1. The van der Waals surface area contributed by atoms with E-state index < -0.39 is 6.10 Å². The van der Waals surface area contributed by atoms with E-state index in [1.165, 1.54) is 38.2 Å². The number of unbranched alkanes of at least 4 members (excludes halogenated alkanes) is 6. The van der Waals surface area contributed by atoms with Crippen LogP contribution < -0.4 is 0 Å². The first-order chi connectivity index (χ1) is 9.63. The molecule has 1 aliphatic rings. The Morgan fingerprint density at radius 3 is 2.45 bits per heavy atom. The number of nitrogens with zero attached hydrogens (tertiary/aromatic N) is 1. The standard InChI is InChI=1S/C15H25NO4/c1-2-3-4-5-6-7-8-9-13(12-16(18)19)14-10-11-15(17)20-14/h10-11,13-14H,2-9,12H2,1H3. The van der Waals surface area contributed by atoms with Crippen molar-refractivity contribution < 1.29 is 14.5 Å². The van der Waals surface area contributed by atoms with Crippen LogP contribution in [0.15, 0.2) is 12.2 Å². The molecule has 1 heterocycles. The van der Waals surface area contributed by atoms with Gasteiger partial charge in [-0.25, -0.2) is 4.79 Å². The van der Waals surface area contributed by atoms with Gasteiger partial charge in [-0.3, -0.25) is 10.1 Å². The van der Waals surface area contributed by atoms with Crippen LogP contribution in [0.5, 0.6) is 0 Å². The predicted octanol–water partition coefficient (Wildman–Crippen LogP) is 3.50. The molecule has 0 amide bonds. The van der Waals surface area contributed by atoms with Crippen molar-refractivity contribution in [3.8, 4) is 0 Å². The summed E-state index contributed by atoms with van der Waals surface area (Å²) >= 11 is 0. The molecular weight excluding hydrogens is 258 g/mol. The van der Waals surface area contributed by atoms with Gasteiger partial charge in [0.25, 0.3) is 0 Å². The second-order valence-electron chi connectivity index (χ2n) is 5.45. The predicted molar refractivity (Wildman–Crippen MR) is 77.0 cm³/mol. The molecule has 0 aromatic heterocycles. The average molecular weight is 283 g/mol. The van der Waals surface area contributed by atoms with Crippen molar-refractivity contribution in [2.45, 2.75) is 64.4 Å². The van der Waals surface area contributed by atoms with Crippen LogP contribution in [0.2, 0.25) is 0 Å². The summed E-state index contributed by atoms with van der Waals surface area (Å²) in [7, 11) is 0. The van der Waals surface area contributed by atoms with Crippen LogP contribution in [0.25, 0.3) is 0 Å². The molecule has 0 spiro atoms. The van der Waals surface area contributed by atoms with Crippen LogP contribution in [-0.4, -0.2) is 23.5 Å². The molecule has 2 unspecified atom stereocenters. The van der Waals surface area contributed by atoms with Crippen LogP contribution in [-0.2, 0) is 9.53 Å². The molecule has 0 fully saturated rings. The Balaban J connectivity index is 2.22. The number of hydrogen-bond acceptors (Lipinski definition) is 4. The van der Waals surface area contributed by atoms with Gasteiger partial charge in [0, 0.05) is 11.0 Å². The molecule has 0 saturated carbocycles. The highest BCUT2D eigenvalue weighted by Crippen LogP contribution is 2.22. The van der Waals surface area contributed by atoms with Crippen LogP contribution >= 0.6 is 0 Å². The number of nitro groups is 1. The van der Waals surface area contributed by atoms with Crippen molar-refractivity contribution in [2.75, 3.05) is 6.54 Å². The van der Waals surface area contributed by atoms with Crippen LogP contribution in [0.3, 0.4) is 0 Å². The number of cyclic esters (lactones) is 1. The summed E-state index contributed by atoms with van der Waals surface area (Å²) in [6.45, 7) is 2.07. The van der Waals surface area contributed by atoms with E-state index in [4.69, 9.17) is 4.74 Å². The molecule has 0 aliphatic carbocycles. The monoisotopic (exact) mass is 283 g/mol. The number of ether oxygens (including phenoxy) is 1. The lowest BCUT2D eigenvalue weighted by Gasteiger charge is -2.18. The topological polar surface area (TPSA) is 69.4 Å². The third-order valence-electron chi connectivity index (χ3n) is 3.70. The molecule has 0 aromatic rings. The van der Waals surface area contributed by atoms with Crippen LogP contribution in [0.1, 0.15) is 58.3 Å². The van der Waals surface area contributed by atoms with Crippen molar-refractivity contribution in [3.63, 3.8) is 0 Å². The minimum absolute atomic E-state index is 0.127. The summed E-state index contributed by atoms with van der Waals surface area (Å²) in [5, 5.41) is 10.7. The molecule has 0 N–H and O–H groups in total. The quantitative estimate of drug-likeness (QED) is 0.252. The van der Waals surface area contributed by atoms with Gasteiger partial charge in [-0.05, 0) is 12.5 Å². The fourth-order valence-electron chi connectivity index (χ4n) is 2.55. The molecule has 0 saturated heterocycles. The Bertz CT molecular complexity index is 341. The molecule has 20 heavy (non-hydrogen) atoms. The zero-order valence-electron chi connectivity index (χ0n) is 12.3. The van der Waals surface area contributed by atoms with E-state index in [2.05, 4.69) is 6.92 Å². The van der Waals surface area contributed by atoms with Gasteiger partial charge in [0.05, 0.1) is 5.92 Å². The van der Waals surface area contributed by atoms with E-state index in [9.17, 15) is 14.9 Å². The maximum absolute atomic E-state index is 11.0. The summed E-state index contributed by atoms with van der Waals surface area (Å²) in [5.41, 5.74) is 0. The highest BCUT2D eigenvalue weighted by Gasteiger charge is 2.29. The fourth-order valence-corrected chi connectivity index (χ4v) is 2.55. The zero-order valence-corrected chi connectivity index (χ0v) is 12.3.